The molecule has 6 aliphatic rings. The highest BCUT2D eigenvalue weighted by Gasteiger charge is 2.50. The summed E-state index contributed by atoms with van der Waals surface area (Å²) >= 11 is 0. The Labute approximate surface area is 329 Å². The van der Waals surface area contributed by atoms with E-state index in [2.05, 4.69) is 43.8 Å². The Morgan fingerprint density at radius 1 is 1.04 bits per heavy atom. The van der Waals surface area contributed by atoms with Crippen molar-refractivity contribution in [3.8, 4) is 11.5 Å². The van der Waals surface area contributed by atoms with Crippen LogP contribution in [0.1, 0.15) is 84.1 Å². The second-order valence-corrected chi connectivity index (χ2v) is 16.0. The number of halogens is 2. The smallest absolute Gasteiger partial charge is 0.255 e. The van der Waals surface area contributed by atoms with Crippen molar-refractivity contribution in [2.75, 3.05) is 33.2 Å². The molecule has 3 amide bonds. The summed E-state index contributed by atoms with van der Waals surface area (Å²) in [5.41, 5.74) is 7.91. The summed E-state index contributed by atoms with van der Waals surface area (Å²) in [5, 5.41) is 18.2. The molecule has 1 aromatic heterocycles. The number of piperidine rings is 2. The number of nitrogens with zero attached hydrogens (tertiary/aromatic N) is 5. The monoisotopic (exact) mass is 780 g/mol. The van der Waals surface area contributed by atoms with Gasteiger partial charge in [-0.05, 0) is 80.1 Å². The van der Waals surface area contributed by atoms with Gasteiger partial charge in [0, 0.05) is 56.7 Å². The summed E-state index contributed by atoms with van der Waals surface area (Å²) in [5.74, 6) is -0.971. The number of aromatic hydroxyl groups is 1. The molecule has 4 N–H and O–H groups in total. The van der Waals surface area contributed by atoms with Crippen molar-refractivity contribution in [3.63, 3.8) is 0 Å². The van der Waals surface area contributed by atoms with Gasteiger partial charge in [0.1, 0.15) is 29.5 Å². The Morgan fingerprint density at radius 2 is 1.86 bits per heavy atom. The summed E-state index contributed by atoms with van der Waals surface area (Å²) in [7, 11) is 1.81. The van der Waals surface area contributed by atoms with Gasteiger partial charge in [-0.3, -0.25) is 40.0 Å². The van der Waals surface area contributed by atoms with Gasteiger partial charge >= 0.3 is 0 Å². The molecule has 0 saturated carbocycles. The van der Waals surface area contributed by atoms with Crippen molar-refractivity contribution in [2.24, 2.45) is 0 Å². The van der Waals surface area contributed by atoms with Crippen LogP contribution < -0.4 is 20.8 Å². The number of carbonyl (C=O) groups excluding carboxylic acids is 3. The number of rotatable bonds is 8. The number of phenolic OH excluding ortho intramolecular Hbond substituents is 1. The molecule has 9 rings (SSSR count). The molecule has 3 atom stereocenters. The van der Waals surface area contributed by atoms with Gasteiger partial charge in [0.05, 0.1) is 35.4 Å². The van der Waals surface area contributed by atoms with E-state index in [9.17, 15) is 23.9 Å². The van der Waals surface area contributed by atoms with Gasteiger partial charge in [0.15, 0.2) is 11.6 Å². The average Bonchev–Trinajstić information content (AvgIpc) is 3.74. The molecule has 0 bridgehead atoms. The number of likely N-dealkylation sites (tertiary alicyclic amines) is 1. The molecule has 0 aliphatic carbocycles. The quantitative estimate of drug-likeness (QED) is 0.246. The summed E-state index contributed by atoms with van der Waals surface area (Å²) < 4.78 is 36.3. The summed E-state index contributed by atoms with van der Waals surface area (Å²) in [6.07, 6.45) is 7.10. The van der Waals surface area contributed by atoms with Gasteiger partial charge in [0.2, 0.25) is 11.8 Å². The van der Waals surface area contributed by atoms with E-state index < -0.39 is 29.3 Å². The molecule has 6 aliphatic heterocycles. The Bertz CT molecular complexity index is 2220. The Morgan fingerprint density at radius 3 is 2.63 bits per heavy atom. The molecule has 3 aromatic rings. The number of benzene rings is 2. The van der Waals surface area contributed by atoms with Gasteiger partial charge in [-0.1, -0.05) is 25.1 Å². The Kier molecular flexibility index (Phi) is 9.29. The molecule has 15 heteroatoms. The number of nitrogens with one attached hydrogen (secondary N) is 3. The molecule has 57 heavy (non-hydrogen) atoms. The van der Waals surface area contributed by atoms with Crippen molar-refractivity contribution < 1.29 is 33.0 Å². The van der Waals surface area contributed by atoms with Crippen molar-refractivity contribution in [2.45, 2.75) is 82.1 Å². The maximum Gasteiger partial charge on any atom is 0.255 e. The molecule has 0 radical (unpaired) electrons. The van der Waals surface area contributed by atoms with Crippen LogP contribution in [0.4, 0.5) is 8.78 Å². The molecule has 298 valence electrons. The fourth-order valence-electron chi connectivity index (χ4n) is 9.50. The predicted octanol–water partition coefficient (Wildman–Crippen LogP) is 4.07. The van der Waals surface area contributed by atoms with Gasteiger partial charge < -0.3 is 25.0 Å². The van der Waals surface area contributed by atoms with E-state index in [1.807, 2.05) is 25.3 Å². The second-order valence-electron chi connectivity index (χ2n) is 16.0. The normalized spacial score (nSPS) is 25.1. The Balaban J connectivity index is 0.819. The zero-order valence-electron chi connectivity index (χ0n) is 32.0. The minimum Gasteiger partial charge on any atom is -0.504 e. The number of para-hydroxylation sites is 1. The number of hydrogen-bond acceptors (Lipinski definition) is 11. The highest BCUT2D eigenvalue weighted by Crippen LogP contribution is 2.43. The molecule has 13 nitrogen and oxygen atoms in total. The lowest BCUT2D eigenvalue weighted by Gasteiger charge is -2.47. The molecule has 0 spiro atoms. The zero-order valence-corrected chi connectivity index (χ0v) is 32.0. The van der Waals surface area contributed by atoms with Crippen molar-refractivity contribution in [1.29, 1.82) is 0 Å². The maximum absolute atomic E-state index is 15.6. The molecule has 2 aromatic carbocycles. The number of amides is 3. The van der Waals surface area contributed by atoms with E-state index >= 15 is 4.39 Å². The number of hydrogen-bond donors (Lipinski definition) is 4. The number of imide groups is 1. The third kappa shape index (κ3) is 6.60. The highest BCUT2D eigenvalue weighted by atomic mass is 19.1. The minimum atomic E-state index is -0.688. The number of phenols is 1. The van der Waals surface area contributed by atoms with E-state index in [-0.39, 0.29) is 35.8 Å². The van der Waals surface area contributed by atoms with E-state index in [0.717, 1.165) is 55.0 Å². The van der Waals surface area contributed by atoms with Crippen LogP contribution in [-0.2, 0) is 22.7 Å². The van der Waals surface area contributed by atoms with Crippen LogP contribution >= 0.6 is 0 Å². The first-order chi connectivity index (χ1) is 27.5. The van der Waals surface area contributed by atoms with Gasteiger partial charge in [-0.2, -0.15) is 0 Å². The predicted molar refractivity (Wildman–Crippen MR) is 205 cm³/mol. The first kappa shape index (κ1) is 36.9. The van der Waals surface area contributed by atoms with Crippen LogP contribution in [0.5, 0.6) is 11.5 Å². The van der Waals surface area contributed by atoms with Gasteiger partial charge in [-0.25, -0.2) is 8.78 Å². The number of pyridine rings is 1. The van der Waals surface area contributed by atoms with Crippen LogP contribution in [0, 0.1) is 11.6 Å². The summed E-state index contributed by atoms with van der Waals surface area (Å²) in [4.78, 5) is 48.0. The van der Waals surface area contributed by atoms with Gasteiger partial charge in [-0.15, -0.1) is 0 Å². The molecule has 3 fully saturated rings. The lowest BCUT2D eigenvalue weighted by molar-refractivity contribution is -0.136. The Hall–Kier alpha value is -5.70. The third-order valence-corrected chi connectivity index (χ3v) is 12.7. The molecule has 0 unspecified atom stereocenters. The minimum absolute atomic E-state index is 0.171. The number of ether oxygens (including phenoxy) is 1. The maximum atomic E-state index is 15.6. The van der Waals surface area contributed by atoms with Crippen molar-refractivity contribution >= 4 is 23.4 Å². The molecule has 3 saturated heterocycles. The van der Waals surface area contributed by atoms with Gasteiger partial charge in [0.25, 0.3) is 5.91 Å². The second kappa shape index (κ2) is 14.4. The van der Waals surface area contributed by atoms with Crippen molar-refractivity contribution in [1.82, 2.24) is 40.8 Å². The van der Waals surface area contributed by atoms with E-state index in [4.69, 9.17) is 4.74 Å². The summed E-state index contributed by atoms with van der Waals surface area (Å²) in [6.45, 7) is 5.59. The first-order valence-corrected chi connectivity index (χ1v) is 19.8. The van der Waals surface area contributed by atoms with Crippen LogP contribution in [0.25, 0.3) is 5.70 Å². The van der Waals surface area contributed by atoms with Crippen LogP contribution in [0.2, 0.25) is 0 Å². The number of fused-ring (bicyclic) bond motifs is 3. The molecular weight excluding hydrogens is 735 g/mol. The van der Waals surface area contributed by atoms with E-state index in [0.29, 0.717) is 67.3 Å². The fourth-order valence-corrected chi connectivity index (χ4v) is 9.50. The number of hydrazine groups is 1. The van der Waals surface area contributed by atoms with E-state index in [1.165, 1.54) is 12.1 Å². The highest BCUT2D eigenvalue weighted by molar-refractivity contribution is 6.05. The zero-order chi connectivity index (χ0) is 39.6. The van der Waals surface area contributed by atoms with Crippen LogP contribution in [0.15, 0.2) is 66.3 Å². The summed E-state index contributed by atoms with van der Waals surface area (Å²) in [6, 6.07) is 11.3. The van der Waals surface area contributed by atoms with Crippen molar-refractivity contribution in [3.05, 3.63) is 106 Å². The number of aromatic nitrogens is 1. The average molecular weight is 781 g/mol. The topological polar surface area (TPSA) is 143 Å². The number of allylic oxidation sites excluding steroid dienone is 1. The molecular formula is C42H46F2N8O5. The number of carbonyl (C=O) groups is 3. The first-order valence-electron chi connectivity index (χ1n) is 19.8. The SMILES string of the molecule is CC[C@@]12CNC3=C(C=C(c4cccc(F)c4O)N(C)N3)N1C[C@H](Oc1cnc(CN3CCC(c4ccc5c(c4)C(=O)N([C@H]4CCC(=O)NC4=O)C5)CC3)c(F)c1)C2. The fraction of sp³-hybridized carbons (Fsp3) is 0.429. The standard InChI is InChI=1S/C42H46F2N8O5/c1-3-42-18-28(21-52(42)36-17-35(49(2)48-39(36)46-23-42)29-5-4-6-31(43)38(29)54)57-27-16-32(44)33(45-19-27)22-50-13-11-24(12-14-50)25-7-8-26-20-51(41(56)30(26)15-25)34-9-10-37(53)47-40(34)55/h4-8,15-17,19,24,28,34,46,48,54H,3,9-14,18,20-23H2,1-2H3,(H,47,53,55)/t28-,34+,42-/m1/s1. The molecule has 7 heterocycles. The largest absolute Gasteiger partial charge is 0.504 e. The lowest BCUT2D eigenvalue weighted by Crippen LogP contribution is -2.58. The third-order valence-electron chi connectivity index (χ3n) is 12.7. The van der Waals surface area contributed by atoms with Crippen LogP contribution in [-0.4, -0.2) is 98.4 Å². The van der Waals surface area contributed by atoms with Crippen LogP contribution in [0.3, 0.4) is 0 Å². The van der Waals surface area contributed by atoms with E-state index in [1.54, 1.807) is 28.2 Å². The lowest BCUT2D eigenvalue weighted by atomic mass is 9.88.